The Morgan fingerprint density at radius 2 is 2.60 bits per heavy atom. The third-order valence-corrected chi connectivity index (χ3v) is 3.82. The molecule has 15 heavy (non-hydrogen) atoms. The number of nitrogens with two attached hydrogens (primary N) is 1. The smallest absolute Gasteiger partial charge is 0.198 e. The molecule has 1 aromatic rings. The molecule has 0 aromatic carbocycles. The molecule has 0 amide bonds. The highest BCUT2D eigenvalue weighted by Gasteiger charge is 2.20. The van der Waals surface area contributed by atoms with Crippen LogP contribution < -0.4 is 5.73 Å². The van der Waals surface area contributed by atoms with E-state index in [1.54, 1.807) is 0 Å². The second-order valence-electron chi connectivity index (χ2n) is 4.26. The maximum absolute atomic E-state index is 5.73. The third kappa shape index (κ3) is 2.98. The first-order valence-corrected chi connectivity index (χ1v) is 6.69. The average molecular weight is 226 g/mol. The predicted molar refractivity (Wildman–Crippen MR) is 63.2 cm³/mol. The van der Waals surface area contributed by atoms with Crippen molar-refractivity contribution in [2.45, 2.75) is 38.1 Å². The molecule has 1 aromatic heterocycles. The summed E-state index contributed by atoms with van der Waals surface area (Å²) in [6, 6.07) is 0.145. The molecule has 3 nitrogen and oxygen atoms in total. The number of nitrogens with zero attached hydrogens (tertiary/aromatic N) is 1. The molecule has 2 N–H and O–H groups in total. The fourth-order valence-electron chi connectivity index (χ4n) is 1.86. The van der Waals surface area contributed by atoms with E-state index in [1.165, 1.54) is 18.6 Å². The minimum absolute atomic E-state index is 0.145. The molecule has 1 fully saturated rings. The molecule has 0 radical (unpaired) electrons. The summed E-state index contributed by atoms with van der Waals surface area (Å²) in [4.78, 5) is 4.36. The van der Waals surface area contributed by atoms with Crippen LogP contribution >= 0.6 is 11.8 Å². The highest BCUT2D eigenvalue weighted by atomic mass is 32.2. The minimum atomic E-state index is 0.145. The predicted octanol–water partition coefficient (Wildman–Crippen LogP) is 2.17. The Balaban J connectivity index is 1.99. The largest absolute Gasteiger partial charge is 0.445 e. The lowest BCUT2D eigenvalue weighted by atomic mass is 10.1. The van der Waals surface area contributed by atoms with E-state index in [1.807, 2.05) is 24.9 Å². The normalized spacial score (nSPS) is 24.0. The van der Waals surface area contributed by atoms with Gasteiger partial charge in [0.15, 0.2) is 5.89 Å². The van der Waals surface area contributed by atoms with Gasteiger partial charge in [-0.05, 0) is 25.5 Å². The van der Waals surface area contributed by atoms with Crippen molar-refractivity contribution in [3.63, 3.8) is 0 Å². The van der Waals surface area contributed by atoms with Crippen LogP contribution in [0.15, 0.2) is 10.6 Å². The molecule has 4 heteroatoms. The van der Waals surface area contributed by atoms with Crippen LogP contribution in [0.4, 0.5) is 0 Å². The fourth-order valence-corrected chi connectivity index (χ4v) is 2.99. The van der Waals surface area contributed by atoms with Crippen molar-refractivity contribution >= 4 is 11.8 Å². The standard InChI is InChI=1S/C11H18N2OS/c1-8(12)5-10-6-13-11(14-10)9-3-2-4-15-7-9/h6,8-9H,2-5,7,12H2,1H3. The molecular formula is C11H18N2OS. The zero-order valence-electron chi connectivity index (χ0n) is 9.11. The highest BCUT2D eigenvalue weighted by molar-refractivity contribution is 7.99. The van der Waals surface area contributed by atoms with Crippen molar-refractivity contribution in [2.24, 2.45) is 5.73 Å². The number of hydrogen-bond acceptors (Lipinski definition) is 4. The van der Waals surface area contributed by atoms with E-state index in [9.17, 15) is 0 Å². The Hall–Kier alpha value is -0.480. The molecule has 2 unspecified atom stereocenters. The first-order valence-electron chi connectivity index (χ1n) is 5.53. The average Bonchev–Trinajstić information content (AvgIpc) is 2.67. The summed E-state index contributed by atoms with van der Waals surface area (Å²) in [5, 5.41) is 0. The van der Waals surface area contributed by atoms with E-state index in [4.69, 9.17) is 10.2 Å². The van der Waals surface area contributed by atoms with E-state index in [0.29, 0.717) is 5.92 Å². The summed E-state index contributed by atoms with van der Waals surface area (Å²) in [6.07, 6.45) is 5.11. The Morgan fingerprint density at radius 3 is 3.27 bits per heavy atom. The zero-order valence-corrected chi connectivity index (χ0v) is 9.93. The maximum Gasteiger partial charge on any atom is 0.198 e. The van der Waals surface area contributed by atoms with Gasteiger partial charge in [0.2, 0.25) is 0 Å². The lowest BCUT2D eigenvalue weighted by molar-refractivity contribution is 0.409. The van der Waals surface area contributed by atoms with Gasteiger partial charge in [0.05, 0.1) is 6.20 Å². The lowest BCUT2D eigenvalue weighted by Crippen LogP contribution is -2.17. The number of aromatic nitrogens is 1. The SMILES string of the molecule is CC(N)Cc1cnc(C2CCCSC2)o1. The van der Waals surface area contributed by atoms with Gasteiger partial charge >= 0.3 is 0 Å². The van der Waals surface area contributed by atoms with Gasteiger partial charge in [-0.15, -0.1) is 0 Å². The number of rotatable bonds is 3. The van der Waals surface area contributed by atoms with Gasteiger partial charge in [0.1, 0.15) is 5.76 Å². The second-order valence-corrected chi connectivity index (χ2v) is 5.41. The lowest BCUT2D eigenvalue weighted by Gasteiger charge is -2.17. The quantitative estimate of drug-likeness (QED) is 0.858. The van der Waals surface area contributed by atoms with E-state index in [2.05, 4.69) is 4.98 Å². The van der Waals surface area contributed by atoms with Crippen molar-refractivity contribution in [2.75, 3.05) is 11.5 Å². The van der Waals surface area contributed by atoms with Crippen LogP contribution in [0.5, 0.6) is 0 Å². The third-order valence-electron chi connectivity index (χ3n) is 2.60. The van der Waals surface area contributed by atoms with Gasteiger partial charge in [-0.25, -0.2) is 4.98 Å². The first kappa shape index (κ1) is 11.0. The monoisotopic (exact) mass is 226 g/mol. The second kappa shape index (κ2) is 5.03. The van der Waals surface area contributed by atoms with Crippen LogP contribution in [-0.4, -0.2) is 22.5 Å². The van der Waals surface area contributed by atoms with E-state index in [0.717, 1.165) is 23.8 Å². The minimum Gasteiger partial charge on any atom is -0.445 e. The highest BCUT2D eigenvalue weighted by Crippen LogP contribution is 2.30. The van der Waals surface area contributed by atoms with Gasteiger partial charge < -0.3 is 10.2 Å². The van der Waals surface area contributed by atoms with E-state index in [-0.39, 0.29) is 6.04 Å². The molecule has 1 aliphatic rings. The van der Waals surface area contributed by atoms with E-state index >= 15 is 0 Å². The fraction of sp³-hybridized carbons (Fsp3) is 0.727. The number of thioether (sulfide) groups is 1. The Bertz CT molecular complexity index is 305. The zero-order chi connectivity index (χ0) is 10.7. The molecule has 0 saturated carbocycles. The molecule has 2 heterocycles. The van der Waals surface area contributed by atoms with Crippen LogP contribution in [0.2, 0.25) is 0 Å². The molecule has 2 rings (SSSR count). The molecule has 0 bridgehead atoms. The summed E-state index contributed by atoms with van der Waals surface area (Å²) in [7, 11) is 0. The Morgan fingerprint density at radius 1 is 1.73 bits per heavy atom. The van der Waals surface area contributed by atoms with Crippen molar-refractivity contribution < 1.29 is 4.42 Å². The molecule has 0 spiro atoms. The molecule has 0 aliphatic carbocycles. The molecular weight excluding hydrogens is 208 g/mol. The Labute approximate surface area is 94.8 Å². The van der Waals surface area contributed by atoms with Gasteiger partial charge in [-0.2, -0.15) is 11.8 Å². The maximum atomic E-state index is 5.73. The van der Waals surface area contributed by atoms with Crippen molar-refractivity contribution in [1.82, 2.24) is 4.98 Å². The number of hydrogen-bond donors (Lipinski definition) is 1. The van der Waals surface area contributed by atoms with Crippen LogP contribution in [0.3, 0.4) is 0 Å². The molecule has 84 valence electrons. The van der Waals surface area contributed by atoms with Gasteiger partial charge in [-0.1, -0.05) is 0 Å². The Kier molecular flexibility index (Phi) is 3.70. The van der Waals surface area contributed by atoms with Crippen molar-refractivity contribution in [3.8, 4) is 0 Å². The van der Waals surface area contributed by atoms with Crippen LogP contribution in [0.25, 0.3) is 0 Å². The van der Waals surface area contributed by atoms with Crippen molar-refractivity contribution in [3.05, 3.63) is 17.8 Å². The topological polar surface area (TPSA) is 52.0 Å². The van der Waals surface area contributed by atoms with Gasteiger partial charge in [0, 0.05) is 24.1 Å². The van der Waals surface area contributed by atoms with Gasteiger partial charge in [-0.3, -0.25) is 0 Å². The number of oxazole rings is 1. The summed E-state index contributed by atoms with van der Waals surface area (Å²) in [6.45, 7) is 1.98. The van der Waals surface area contributed by atoms with Crippen LogP contribution in [0.1, 0.15) is 37.3 Å². The van der Waals surface area contributed by atoms with Crippen molar-refractivity contribution in [1.29, 1.82) is 0 Å². The summed E-state index contributed by atoms with van der Waals surface area (Å²) >= 11 is 2.00. The van der Waals surface area contributed by atoms with E-state index < -0.39 is 0 Å². The molecule has 1 aliphatic heterocycles. The van der Waals surface area contributed by atoms with Crippen LogP contribution in [-0.2, 0) is 6.42 Å². The summed E-state index contributed by atoms with van der Waals surface area (Å²) < 4.78 is 5.73. The first-order chi connectivity index (χ1) is 7.25. The van der Waals surface area contributed by atoms with Gasteiger partial charge in [0.25, 0.3) is 0 Å². The summed E-state index contributed by atoms with van der Waals surface area (Å²) in [5.74, 6) is 4.79. The molecule has 1 saturated heterocycles. The summed E-state index contributed by atoms with van der Waals surface area (Å²) in [5.41, 5.74) is 5.72. The van der Waals surface area contributed by atoms with Crippen LogP contribution in [0, 0.1) is 0 Å². The molecule has 2 atom stereocenters.